The highest BCUT2D eigenvalue weighted by atomic mass is 79.9. The van der Waals surface area contributed by atoms with E-state index in [4.69, 9.17) is 14.2 Å². The Labute approximate surface area is 237 Å². The van der Waals surface area contributed by atoms with Crippen molar-refractivity contribution in [3.63, 3.8) is 0 Å². The highest BCUT2D eigenvalue weighted by Crippen LogP contribution is 2.70. The number of carbonyl (C=O) groups is 2. The van der Waals surface area contributed by atoms with Gasteiger partial charge in [-0.15, -0.1) is 0 Å². The fraction of sp³-hybridized carbons (Fsp3) is 0.875. The van der Waals surface area contributed by atoms with Gasteiger partial charge in [0.05, 0.1) is 23.0 Å². The fourth-order valence-corrected chi connectivity index (χ4v) is 10.6. The molecule has 2 heterocycles. The summed E-state index contributed by atoms with van der Waals surface area (Å²) in [4.78, 5) is 26.0. The minimum absolute atomic E-state index is 0.00428. The largest absolute Gasteiger partial charge is 0.461 e. The van der Waals surface area contributed by atoms with Crippen LogP contribution in [0, 0.1) is 51.8 Å². The molecule has 4 aliphatic carbocycles. The standard InChI is InChI=1S/C32H47BrO5/c1-17-10-11-32(36-16-17)18(2)27-25(38-32)13-22-20-9-8-19-12-24(34)23(33)15-30(19,6)21(20)14-26(31(22,27)7)37-28(35)29(3,4)5/h13,17-21,23,25-27H,8-12,14-16H2,1-7H3/t17-,18-,19-,20+,21-,23+,25-,26-,27-,30-,31+,32+/m0/s1. The third-order valence-corrected chi connectivity index (χ3v) is 12.9. The normalized spacial score (nSPS) is 52.1. The molecule has 12 atom stereocenters. The van der Waals surface area contributed by atoms with Gasteiger partial charge in [-0.3, -0.25) is 9.59 Å². The molecule has 0 N–H and O–H groups in total. The molecule has 2 aliphatic heterocycles. The number of esters is 1. The summed E-state index contributed by atoms with van der Waals surface area (Å²) < 4.78 is 20.0. The van der Waals surface area contributed by atoms with E-state index in [1.807, 2.05) is 20.8 Å². The molecular formula is C32H47BrO5. The van der Waals surface area contributed by atoms with Gasteiger partial charge in [-0.1, -0.05) is 55.3 Å². The first kappa shape index (κ1) is 27.4. The van der Waals surface area contributed by atoms with E-state index in [1.54, 1.807) is 0 Å². The van der Waals surface area contributed by atoms with Crippen LogP contribution in [-0.4, -0.2) is 41.2 Å². The Morgan fingerprint density at radius 2 is 1.89 bits per heavy atom. The molecule has 5 fully saturated rings. The van der Waals surface area contributed by atoms with Crippen LogP contribution in [-0.2, 0) is 23.8 Å². The van der Waals surface area contributed by atoms with Gasteiger partial charge in [0.1, 0.15) is 11.9 Å². The summed E-state index contributed by atoms with van der Waals surface area (Å²) in [7, 11) is 0. The number of fused-ring (bicyclic) bond motifs is 7. The number of alkyl halides is 1. The number of rotatable bonds is 1. The van der Waals surface area contributed by atoms with Crippen molar-refractivity contribution in [1.29, 1.82) is 0 Å². The molecule has 0 aromatic carbocycles. The lowest BCUT2D eigenvalue weighted by molar-refractivity contribution is -0.265. The van der Waals surface area contributed by atoms with Crippen LogP contribution in [0.5, 0.6) is 0 Å². The van der Waals surface area contributed by atoms with Gasteiger partial charge < -0.3 is 14.2 Å². The lowest BCUT2D eigenvalue weighted by Crippen LogP contribution is -2.59. The molecule has 1 spiro atoms. The predicted octanol–water partition coefficient (Wildman–Crippen LogP) is 6.86. The maximum Gasteiger partial charge on any atom is 0.311 e. The number of ketones is 1. The van der Waals surface area contributed by atoms with Gasteiger partial charge in [0, 0.05) is 30.1 Å². The molecule has 0 aromatic rings. The van der Waals surface area contributed by atoms with Crippen molar-refractivity contribution >= 4 is 27.7 Å². The van der Waals surface area contributed by atoms with Crippen molar-refractivity contribution in [1.82, 2.24) is 0 Å². The number of hydrogen-bond acceptors (Lipinski definition) is 5. The van der Waals surface area contributed by atoms with Crippen molar-refractivity contribution in [2.75, 3.05) is 6.61 Å². The Balaban J connectivity index is 1.40. The molecule has 38 heavy (non-hydrogen) atoms. The summed E-state index contributed by atoms with van der Waals surface area (Å²) in [6.07, 6.45) is 8.89. The highest BCUT2D eigenvalue weighted by molar-refractivity contribution is 9.10. The molecule has 6 rings (SSSR count). The molecule has 3 saturated carbocycles. The zero-order chi connectivity index (χ0) is 27.4. The quantitative estimate of drug-likeness (QED) is 0.189. The monoisotopic (exact) mass is 590 g/mol. The molecule has 0 amide bonds. The van der Waals surface area contributed by atoms with E-state index in [9.17, 15) is 9.59 Å². The van der Waals surface area contributed by atoms with Crippen molar-refractivity contribution in [2.45, 2.75) is 116 Å². The third kappa shape index (κ3) is 3.81. The van der Waals surface area contributed by atoms with E-state index in [-0.39, 0.29) is 45.7 Å². The second-order valence-corrected chi connectivity index (χ2v) is 16.4. The number of ether oxygens (including phenoxy) is 3. The van der Waals surface area contributed by atoms with Gasteiger partial charge in [-0.05, 0) is 82.0 Å². The van der Waals surface area contributed by atoms with Gasteiger partial charge in [0.25, 0.3) is 0 Å². The molecule has 6 aliphatic rings. The van der Waals surface area contributed by atoms with Crippen LogP contribution in [0.3, 0.4) is 0 Å². The molecule has 2 saturated heterocycles. The Bertz CT molecular complexity index is 1040. The van der Waals surface area contributed by atoms with Crippen molar-refractivity contribution in [2.24, 2.45) is 51.8 Å². The first-order valence-corrected chi connectivity index (χ1v) is 16.0. The van der Waals surface area contributed by atoms with Crippen LogP contribution < -0.4 is 0 Å². The Kier molecular flexibility index (Phi) is 6.42. The van der Waals surface area contributed by atoms with Crippen LogP contribution in [0.1, 0.15) is 93.4 Å². The van der Waals surface area contributed by atoms with E-state index in [0.717, 1.165) is 45.1 Å². The van der Waals surface area contributed by atoms with Crippen LogP contribution in [0.2, 0.25) is 0 Å². The van der Waals surface area contributed by atoms with Crippen LogP contribution in [0.15, 0.2) is 11.6 Å². The van der Waals surface area contributed by atoms with E-state index in [0.29, 0.717) is 35.9 Å². The summed E-state index contributed by atoms with van der Waals surface area (Å²) in [5, 5.41) is 0. The lowest BCUT2D eigenvalue weighted by Gasteiger charge is -2.61. The number of Topliss-reactive ketones (excluding diaryl/α,β-unsaturated/α-hetero) is 1. The fourth-order valence-electron chi connectivity index (χ4n) is 9.73. The topological polar surface area (TPSA) is 61.8 Å². The zero-order valence-corrected chi connectivity index (χ0v) is 25.9. The van der Waals surface area contributed by atoms with Crippen LogP contribution in [0.25, 0.3) is 0 Å². The number of hydrogen-bond donors (Lipinski definition) is 0. The van der Waals surface area contributed by atoms with Crippen molar-refractivity contribution < 1.29 is 23.8 Å². The Morgan fingerprint density at radius 1 is 1.16 bits per heavy atom. The third-order valence-electron chi connectivity index (χ3n) is 12.1. The maximum absolute atomic E-state index is 13.4. The average molecular weight is 592 g/mol. The molecule has 0 radical (unpaired) electrons. The van der Waals surface area contributed by atoms with Gasteiger partial charge in [0.15, 0.2) is 5.79 Å². The molecule has 0 bridgehead atoms. The van der Waals surface area contributed by atoms with Crippen molar-refractivity contribution in [3.05, 3.63) is 11.6 Å². The second-order valence-electron chi connectivity index (χ2n) is 15.3. The molecule has 6 heteroatoms. The molecule has 5 nitrogen and oxygen atoms in total. The van der Waals surface area contributed by atoms with Gasteiger partial charge in [-0.2, -0.15) is 0 Å². The molecular weight excluding hydrogens is 544 g/mol. The van der Waals surface area contributed by atoms with Gasteiger partial charge in [-0.25, -0.2) is 0 Å². The minimum atomic E-state index is -0.562. The SMILES string of the molecule is C[C@H]1CC[C@@]2(OC1)O[C@H]1C=C3[C@@H]4CC[C@H]5CC(=O)[C@H](Br)C[C@]5(C)[C@H]4C[C@H](OC(=O)C(C)(C)C)[C@]3(C)[C@H]1[C@@H]2C. The van der Waals surface area contributed by atoms with Crippen molar-refractivity contribution in [3.8, 4) is 0 Å². The van der Waals surface area contributed by atoms with Gasteiger partial charge >= 0.3 is 5.97 Å². The zero-order valence-electron chi connectivity index (χ0n) is 24.3. The highest BCUT2D eigenvalue weighted by Gasteiger charge is 2.70. The van der Waals surface area contributed by atoms with E-state index in [1.165, 1.54) is 5.57 Å². The van der Waals surface area contributed by atoms with E-state index < -0.39 is 11.2 Å². The summed E-state index contributed by atoms with van der Waals surface area (Å²) in [6, 6.07) is 0. The Hall–Kier alpha value is -0.720. The summed E-state index contributed by atoms with van der Waals surface area (Å²) in [6.45, 7) is 16.0. The number of halogens is 1. The lowest BCUT2D eigenvalue weighted by atomic mass is 9.45. The summed E-state index contributed by atoms with van der Waals surface area (Å²) in [5.41, 5.74) is 0.675. The first-order valence-electron chi connectivity index (χ1n) is 15.1. The van der Waals surface area contributed by atoms with Gasteiger partial charge in [0.2, 0.25) is 0 Å². The van der Waals surface area contributed by atoms with E-state index >= 15 is 0 Å². The molecule has 212 valence electrons. The average Bonchev–Trinajstić information content (AvgIpc) is 3.28. The summed E-state index contributed by atoms with van der Waals surface area (Å²) >= 11 is 3.72. The van der Waals surface area contributed by atoms with Crippen LogP contribution in [0.4, 0.5) is 0 Å². The maximum atomic E-state index is 13.4. The predicted molar refractivity (Wildman–Crippen MR) is 150 cm³/mol. The molecule has 0 unspecified atom stereocenters. The van der Waals surface area contributed by atoms with E-state index in [2.05, 4.69) is 49.7 Å². The first-order chi connectivity index (χ1) is 17.7. The smallest absolute Gasteiger partial charge is 0.311 e. The number of carbonyl (C=O) groups excluding carboxylic acids is 2. The molecule has 0 aromatic heterocycles. The Morgan fingerprint density at radius 3 is 2.55 bits per heavy atom. The summed E-state index contributed by atoms with van der Waals surface area (Å²) in [5.74, 6) is 1.96. The minimum Gasteiger partial charge on any atom is -0.461 e. The van der Waals surface area contributed by atoms with Crippen LogP contribution >= 0.6 is 15.9 Å². The second kappa shape index (κ2) is 8.89.